The van der Waals surface area contributed by atoms with Gasteiger partial charge in [0.05, 0.1) is 18.0 Å². The van der Waals surface area contributed by atoms with Crippen LogP contribution < -0.4 is 10.6 Å². The highest BCUT2D eigenvalue weighted by molar-refractivity contribution is 6.34. The first-order valence-electron chi connectivity index (χ1n) is 9.99. The minimum atomic E-state index is -1.35. The van der Waals surface area contributed by atoms with Gasteiger partial charge >= 0.3 is 11.9 Å². The van der Waals surface area contributed by atoms with Gasteiger partial charge < -0.3 is 20.5 Å². The predicted octanol–water partition coefficient (Wildman–Crippen LogP) is 5.03. The Morgan fingerprint density at radius 2 is 1.22 bits per heavy atom. The highest BCUT2D eigenvalue weighted by Gasteiger charge is 2.24. The average molecular weight is 555 g/mol. The molecule has 0 bridgehead atoms. The van der Waals surface area contributed by atoms with Gasteiger partial charge in [-0.15, -0.1) is 0 Å². The van der Waals surface area contributed by atoms with Gasteiger partial charge in [-0.25, -0.2) is 17.6 Å². The Morgan fingerprint density at radius 3 is 1.58 bits per heavy atom. The van der Waals surface area contributed by atoms with Crippen LogP contribution in [-0.2, 0) is 23.9 Å². The number of carbonyl (C=O) groups is 4. The number of halogens is 6. The van der Waals surface area contributed by atoms with Crippen LogP contribution in [0.15, 0.2) is 24.3 Å². The standard InChI is InChI=1S/C12H12ClF2NO3.C10H8ClF2NO3/c1-3-19-12(18)6(2)11(17)16-9-5-7(14)4-8(15)10(9)13;1-4(10(16)17)9(15)14-7-3-5(12)2-6(13)8(7)11/h4-6H,3H2,1-2H3,(H,16,17);2-4H,1H3,(H,14,15)(H,16,17). The molecule has 0 aliphatic heterocycles. The molecule has 2 amide bonds. The Balaban J connectivity index is 0.000000362. The lowest BCUT2D eigenvalue weighted by Gasteiger charge is -2.12. The summed E-state index contributed by atoms with van der Waals surface area (Å²) in [7, 11) is 0. The van der Waals surface area contributed by atoms with Crippen LogP contribution in [0.1, 0.15) is 20.8 Å². The number of hydrogen-bond acceptors (Lipinski definition) is 5. The molecule has 2 unspecified atom stereocenters. The number of carboxylic acid groups (broad SMARTS) is 1. The van der Waals surface area contributed by atoms with Gasteiger partial charge in [0, 0.05) is 12.1 Å². The second-order valence-electron chi connectivity index (χ2n) is 7.01. The van der Waals surface area contributed by atoms with Crippen LogP contribution in [0, 0.1) is 35.1 Å². The van der Waals surface area contributed by atoms with Gasteiger partial charge in [-0.05, 0) is 32.9 Å². The normalized spacial score (nSPS) is 11.9. The van der Waals surface area contributed by atoms with Crippen molar-refractivity contribution in [2.24, 2.45) is 11.8 Å². The van der Waals surface area contributed by atoms with Crippen LogP contribution in [0.25, 0.3) is 0 Å². The molecule has 0 saturated carbocycles. The molecule has 3 N–H and O–H groups in total. The fourth-order valence-electron chi connectivity index (χ4n) is 2.26. The van der Waals surface area contributed by atoms with Crippen molar-refractivity contribution in [1.82, 2.24) is 0 Å². The van der Waals surface area contributed by atoms with Crippen molar-refractivity contribution in [1.29, 1.82) is 0 Å². The van der Waals surface area contributed by atoms with E-state index in [-0.39, 0.29) is 18.0 Å². The fourth-order valence-corrected chi connectivity index (χ4v) is 2.58. The first-order chi connectivity index (χ1) is 16.7. The van der Waals surface area contributed by atoms with Crippen LogP contribution in [0.5, 0.6) is 0 Å². The number of carbonyl (C=O) groups excluding carboxylic acids is 3. The molecule has 0 spiro atoms. The van der Waals surface area contributed by atoms with Crippen molar-refractivity contribution < 1.29 is 46.6 Å². The van der Waals surface area contributed by atoms with E-state index in [1.807, 2.05) is 5.32 Å². The molecule has 36 heavy (non-hydrogen) atoms. The van der Waals surface area contributed by atoms with Crippen molar-refractivity contribution in [3.8, 4) is 0 Å². The molecule has 14 heteroatoms. The highest BCUT2D eigenvalue weighted by atomic mass is 35.5. The van der Waals surface area contributed by atoms with Gasteiger partial charge in [0.25, 0.3) is 0 Å². The van der Waals surface area contributed by atoms with Crippen LogP contribution in [0.3, 0.4) is 0 Å². The molecule has 2 aromatic rings. The zero-order valence-corrected chi connectivity index (χ0v) is 20.4. The molecule has 0 aromatic heterocycles. The predicted molar refractivity (Wildman–Crippen MR) is 123 cm³/mol. The van der Waals surface area contributed by atoms with E-state index < -0.39 is 68.9 Å². The van der Waals surface area contributed by atoms with Crippen molar-refractivity contribution in [3.63, 3.8) is 0 Å². The van der Waals surface area contributed by atoms with E-state index in [9.17, 15) is 36.7 Å². The number of amides is 2. The largest absolute Gasteiger partial charge is 0.481 e. The Kier molecular flexibility index (Phi) is 11.6. The molecule has 0 aliphatic carbocycles. The van der Waals surface area contributed by atoms with Crippen molar-refractivity contribution in [2.75, 3.05) is 17.2 Å². The lowest BCUT2D eigenvalue weighted by Crippen LogP contribution is -2.29. The summed E-state index contributed by atoms with van der Waals surface area (Å²) < 4.78 is 56.7. The number of carboxylic acids is 1. The van der Waals surface area contributed by atoms with Gasteiger partial charge in [-0.2, -0.15) is 0 Å². The molecule has 0 heterocycles. The van der Waals surface area contributed by atoms with E-state index in [4.69, 9.17) is 28.3 Å². The van der Waals surface area contributed by atoms with Gasteiger partial charge in [-0.1, -0.05) is 23.2 Å². The molecular formula is C22H20Cl2F4N2O6. The first-order valence-corrected chi connectivity index (χ1v) is 10.7. The second kappa shape index (κ2) is 13.6. The molecule has 2 aromatic carbocycles. The lowest BCUT2D eigenvalue weighted by molar-refractivity contribution is -0.150. The molecular weight excluding hydrogens is 535 g/mol. The molecule has 0 aliphatic rings. The number of nitrogens with one attached hydrogen (secondary N) is 2. The first kappa shape index (κ1) is 30.7. The maximum absolute atomic E-state index is 13.2. The summed E-state index contributed by atoms with van der Waals surface area (Å²) in [6, 6.07) is 2.81. The average Bonchev–Trinajstić information content (AvgIpc) is 2.79. The molecule has 2 atom stereocenters. The van der Waals surface area contributed by atoms with E-state index in [0.717, 1.165) is 19.1 Å². The van der Waals surface area contributed by atoms with Gasteiger partial charge in [0.15, 0.2) is 0 Å². The maximum Gasteiger partial charge on any atom is 0.318 e. The number of esters is 1. The van der Waals surface area contributed by atoms with Gasteiger partial charge in [-0.3, -0.25) is 19.2 Å². The molecule has 0 fully saturated rings. The number of anilines is 2. The van der Waals surface area contributed by atoms with Gasteiger partial charge in [0.2, 0.25) is 11.8 Å². The van der Waals surface area contributed by atoms with Crippen LogP contribution >= 0.6 is 23.2 Å². The number of benzene rings is 2. The van der Waals surface area contributed by atoms with Crippen LogP contribution in [-0.4, -0.2) is 35.5 Å². The van der Waals surface area contributed by atoms with Crippen molar-refractivity contribution >= 4 is 58.3 Å². The Bertz CT molecular complexity index is 1170. The quantitative estimate of drug-likeness (QED) is 0.191. The number of ether oxygens (including phenoxy) is 1. The van der Waals surface area contributed by atoms with E-state index >= 15 is 0 Å². The molecule has 0 radical (unpaired) electrons. The fraction of sp³-hybridized carbons (Fsp3) is 0.273. The monoisotopic (exact) mass is 554 g/mol. The van der Waals surface area contributed by atoms with E-state index in [1.165, 1.54) is 6.92 Å². The molecule has 196 valence electrons. The van der Waals surface area contributed by atoms with E-state index in [2.05, 4.69) is 10.1 Å². The van der Waals surface area contributed by atoms with Crippen LogP contribution in [0.2, 0.25) is 10.0 Å². The third-order valence-corrected chi connectivity index (χ3v) is 5.07. The van der Waals surface area contributed by atoms with E-state index in [0.29, 0.717) is 12.1 Å². The smallest absolute Gasteiger partial charge is 0.318 e. The highest BCUT2D eigenvalue weighted by Crippen LogP contribution is 2.27. The molecule has 8 nitrogen and oxygen atoms in total. The minimum Gasteiger partial charge on any atom is -0.481 e. The number of hydrogen-bond donors (Lipinski definition) is 3. The summed E-state index contributed by atoms with van der Waals surface area (Å²) in [6.45, 7) is 4.19. The maximum atomic E-state index is 13.2. The van der Waals surface area contributed by atoms with Crippen molar-refractivity contribution in [3.05, 3.63) is 57.6 Å². The Hall–Kier alpha value is -3.38. The van der Waals surface area contributed by atoms with Crippen molar-refractivity contribution in [2.45, 2.75) is 20.8 Å². The lowest BCUT2D eigenvalue weighted by atomic mass is 10.1. The summed E-state index contributed by atoms with van der Waals surface area (Å²) >= 11 is 11.1. The van der Waals surface area contributed by atoms with Crippen LogP contribution in [0.4, 0.5) is 28.9 Å². The Morgan fingerprint density at radius 1 is 0.833 bits per heavy atom. The summed E-state index contributed by atoms with van der Waals surface area (Å²) in [4.78, 5) is 44.9. The Labute approximate surface area is 212 Å². The topological polar surface area (TPSA) is 122 Å². The third-order valence-electron chi connectivity index (χ3n) is 4.30. The zero-order valence-electron chi connectivity index (χ0n) is 18.9. The number of aliphatic carboxylic acids is 1. The molecule has 2 rings (SSSR count). The summed E-state index contributed by atoms with van der Waals surface area (Å²) in [6.07, 6.45) is 0. The summed E-state index contributed by atoms with van der Waals surface area (Å²) in [5, 5.41) is 11.9. The van der Waals surface area contributed by atoms with E-state index in [1.54, 1.807) is 6.92 Å². The summed E-state index contributed by atoms with van der Waals surface area (Å²) in [5.41, 5.74) is -0.539. The zero-order chi connectivity index (χ0) is 27.7. The number of rotatable bonds is 7. The second-order valence-corrected chi connectivity index (χ2v) is 7.77. The SMILES string of the molecule is CC(C(=O)O)C(=O)Nc1cc(F)cc(F)c1Cl.CCOC(=O)C(C)C(=O)Nc1cc(F)cc(F)c1Cl. The summed E-state index contributed by atoms with van der Waals surface area (Å²) in [5.74, 6) is -10.1. The third kappa shape index (κ3) is 8.68. The molecule has 0 saturated heterocycles. The minimum absolute atomic E-state index is 0.131. The van der Waals surface area contributed by atoms with Gasteiger partial charge in [0.1, 0.15) is 45.1 Å².